The predicted octanol–water partition coefficient (Wildman–Crippen LogP) is 9.53. The molecule has 2 atom stereocenters. The molecule has 0 N–H and O–H groups in total. The smallest absolute Gasteiger partial charge is 0.173 e. The number of benzene rings is 5. The molecule has 0 radical (unpaired) electrons. The number of Topliss-reactive ketones (excluding diaryl/α,β-unsaturated/α-hetero) is 1. The molecule has 0 aromatic heterocycles. The van der Waals surface area contributed by atoms with E-state index in [4.69, 9.17) is 0 Å². The van der Waals surface area contributed by atoms with Crippen LogP contribution in [0.2, 0.25) is 0 Å². The van der Waals surface area contributed by atoms with Crippen LogP contribution in [0.25, 0.3) is 11.1 Å². The van der Waals surface area contributed by atoms with Crippen molar-refractivity contribution in [3.8, 4) is 0 Å². The summed E-state index contributed by atoms with van der Waals surface area (Å²) in [7, 11) is 0. The molecule has 1 spiro atoms. The lowest BCUT2D eigenvalue weighted by molar-refractivity contribution is 0.0888. The van der Waals surface area contributed by atoms with E-state index in [1.807, 2.05) is 36.4 Å². The Morgan fingerprint density at radius 2 is 1.14 bits per heavy atom. The van der Waals surface area contributed by atoms with Gasteiger partial charge in [0.25, 0.3) is 0 Å². The van der Waals surface area contributed by atoms with Gasteiger partial charge in [0.15, 0.2) is 5.78 Å². The largest absolute Gasteiger partial charge is 0.330 e. The second kappa shape index (κ2) is 10.2. The number of para-hydroxylation sites is 2. The number of allylic oxidation sites excluding steroid dienone is 2. The SMILES string of the molecule is CC1(C)c2ccccc2N(c2ccccc2)[C@]12C=C(c1ccccc1)C=C(c1ccccc1)[C@H]2C(=O)c1ccccc1. The number of carbonyl (C=O) groups excluding carboxylic acids is 1. The third kappa shape index (κ3) is 3.90. The van der Waals surface area contributed by atoms with Crippen LogP contribution in [0.15, 0.2) is 158 Å². The van der Waals surface area contributed by atoms with Crippen molar-refractivity contribution in [3.05, 3.63) is 180 Å². The number of fused-ring (bicyclic) bond motifs is 1. The quantitative estimate of drug-likeness (QED) is 0.206. The summed E-state index contributed by atoms with van der Waals surface area (Å²) in [6, 6.07) is 50.1. The molecule has 1 aliphatic heterocycles. The van der Waals surface area contributed by atoms with Gasteiger partial charge in [-0.25, -0.2) is 0 Å². The molecule has 5 aromatic rings. The summed E-state index contributed by atoms with van der Waals surface area (Å²) in [5.74, 6) is -0.367. The molecule has 5 aromatic carbocycles. The van der Waals surface area contributed by atoms with Gasteiger partial charge in [-0.15, -0.1) is 0 Å². The first-order valence-electron chi connectivity index (χ1n) is 14.6. The van der Waals surface area contributed by atoms with Gasteiger partial charge in [0.05, 0.1) is 11.5 Å². The second-order valence-electron chi connectivity index (χ2n) is 11.7. The molecule has 204 valence electrons. The Bertz CT molecular complexity index is 1800. The lowest BCUT2D eigenvalue weighted by atomic mass is 9.57. The first kappa shape index (κ1) is 26.0. The van der Waals surface area contributed by atoms with Crippen LogP contribution in [0.1, 0.15) is 40.9 Å². The Hall–Kier alpha value is -4.95. The minimum absolute atomic E-state index is 0.121. The summed E-state index contributed by atoms with van der Waals surface area (Å²) in [6.07, 6.45) is 4.65. The van der Waals surface area contributed by atoms with Crippen molar-refractivity contribution < 1.29 is 4.79 Å². The van der Waals surface area contributed by atoms with Crippen LogP contribution in [0.4, 0.5) is 11.4 Å². The van der Waals surface area contributed by atoms with Crippen LogP contribution < -0.4 is 4.90 Å². The van der Waals surface area contributed by atoms with Gasteiger partial charge in [0, 0.05) is 22.4 Å². The molecule has 7 rings (SSSR count). The van der Waals surface area contributed by atoms with Crippen LogP contribution in [0.3, 0.4) is 0 Å². The minimum atomic E-state index is -0.754. The van der Waals surface area contributed by atoms with Crippen molar-refractivity contribution in [2.24, 2.45) is 5.92 Å². The average molecular weight is 544 g/mol. The molecule has 2 aliphatic rings. The second-order valence-corrected chi connectivity index (χ2v) is 11.7. The molecule has 1 heterocycles. The van der Waals surface area contributed by atoms with Crippen molar-refractivity contribution >= 4 is 28.3 Å². The summed E-state index contributed by atoms with van der Waals surface area (Å²) < 4.78 is 0. The Morgan fingerprint density at radius 1 is 0.619 bits per heavy atom. The summed E-state index contributed by atoms with van der Waals surface area (Å²) in [5, 5.41) is 0. The third-order valence-corrected chi connectivity index (χ3v) is 9.18. The van der Waals surface area contributed by atoms with E-state index in [0.29, 0.717) is 0 Å². The Kier molecular flexibility index (Phi) is 6.28. The van der Waals surface area contributed by atoms with E-state index >= 15 is 4.79 Å². The zero-order valence-corrected chi connectivity index (χ0v) is 23.9. The molecule has 0 saturated carbocycles. The third-order valence-electron chi connectivity index (χ3n) is 9.18. The highest BCUT2D eigenvalue weighted by molar-refractivity contribution is 6.10. The predicted molar refractivity (Wildman–Crippen MR) is 174 cm³/mol. The maximum absolute atomic E-state index is 15.1. The number of ketones is 1. The van der Waals surface area contributed by atoms with Gasteiger partial charge in [-0.1, -0.05) is 141 Å². The highest BCUT2D eigenvalue weighted by Gasteiger charge is 2.63. The highest BCUT2D eigenvalue weighted by atomic mass is 16.1. The first-order valence-corrected chi connectivity index (χ1v) is 14.6. The summed E-state index contributed by atoms with van der Waals surface area (Å²) >= 11 is 0. The van der Waals surface area contributed by atoms with Crippen molar-refractivity contribution in [1.82, 2.24) is 0 Å². The van der Waals surface area contributed by atoms with Crippen molar-refractivity contribution in [1.29, 1.82) is 0 Å². The molecule has 0 saturated heterocycles. The number of carbonyl (C=O) groups is 1. The molecule has 0 unspecified atom stereocenters. The average Bonchev–Trinajstić information content (AvgIpc) is 3.24. The summed E-state index contributed by atoms with van der Waals surface area (Å²) in [6.45, 7) is 4.63. The lowest BCUT2D eigenvalue weighted by Gasteiger charge is -2.53. The minimum Gasteiger partial charge on any atom is -0.330 e. The lowest BCUT2D eigenvalue weighted by Crippen LogP contribution is -2.61. The molecular formula is C40H33NO. The molecule has 2 nitrogen and oxygen atoms in total. The van der Waals surface area contributed by atoms with E-state index in [1.165, 1.54) is 5.56 Å². The van der Waals surface area contributed by atoms with Crippen LogP contribution in [-0.2, 0) is 5.41 Å². The Balaban J connectivity index is 1.61. The van der Waals surface area contributed by atoms with Gasteiger partial charge in [-0.3, -0.25) is 4.79 Å². The van der Waals surface area contributed by atoms with Crippen LogP contribution >= 0.6 is 0 Å². The van der Waals surface area contributed by atoms with E-state index in [1.54, 1.807) is 0 Å². The van der Waals surface area contributed by atoms with Crippen molar-refractivity contribution in [2.75, 3.05) is 4.90 Å². The number of anilines is 2. The van der Waals surface area contributed by atoms with Gasteiger partial charge in [0.1, 0.15) is 0 Å². The number of hydrogen-bond donors (Lipinski definition) is 0. The summed E-state index contributed by atoms with van der Waals surface area (Å²) in [4.78, 5) is 17.6. The van der Waals surface area contributed by atoms with Crippen molar-refractivity contribution in [2.45, 2.75) is 24.8 Å². The van der Waals surface area contributed by atoms with Gasteiger partial charge in [0.2, 0.25) is 0 Å². The van der Waals surface area contributed by atoms with Gasteiger partial charge in [-0.05, 0) is 58.2 Å². The van der Waals surface area contributed by atoms with E-state index in [9.17, 15) is 0 Å². The summed E-state index contributed by atoms with van der Waals surface area (Å²) in [5.41, 5.74) is 7.32. The van der Waals surface area contributed by atoms with Gasteiger partial charge in [-0.2, -0.15) is 0 Å². The molecule has 42 heavy (non-hydrogen) atoms. The topological polar surface area (TPSA) is 20.3 Å². The van der Waals surface area contributed by atoms with Crippen LogP contribution in [0.5, 0.6) is 0 Å². The molecular weight excluding hydrogens is 510 g/mol. The Morgan fingerprint density at radius 3 is 1.79 bits per heavy atom. The maximum Gasteiger partial charge on any atom is 0.173 e. The van der Waals surface area contributed by atoms with E-state index in [-0.39, 0.29) is 5.78 Å². The number of nitrogens with zero attached hydrogens (tertiary/aromatic N) is 1. The maximum atomic E-state index is 15.1. The fraction of sp³-hybridized carbons (Fsp3) is 0.125. The fourth-order valence-electron chi connectivity index (χ4n) is 7.19. The number of hydrogen-bond acceptors (Lipinski definition) is 2. The zero-order chi connectivity index (χ0) is 28.7. The van der Waals surface area contributed by atoms with Gasteiger partial charge >= 0.3 is 0 Å². The van der Waals surface area contributed by atoms with Gasteiger partial charge < -0.3 is 4.90 Å². The molecule has 0 fully saturated rings. The van der Waals surface area contributed by atoms with Crippen LogP contribution in [0, 0.1) is 5.92 Å². The fourth-order valence-corrected chi connectivity index (χ4v) is 7.19. The van der Waals surface area contributed by atoms with E-state index < -0.39 is 16.9 Å². The van der Waals surface area contributed by atoms with Crippen molar-refractivity contribution in [3.63, 3.8) is 0 Å². The first-order chi connectivity index (χ1) is 20.5. The Labute approximate surface area is 248 Å². The normalized spacial score (nSPS) is 20.5. The van der Waals surface area contributed by atoms with Crippen LogP contribution in [-0.4, -0.2) is 11.3 Å². The zero-order valence-electron chi connectivity index (χ0n) is 23.9. The van der Waals surface area contributed by atoms with E-state index in [0.717, 1.165) is 39.2 Å². The molecule has 2 heteroatoms. The molecule has 1 aliphatic carbocycles. The highest BCUT2D eigenvalue weighted by Crippen LogP contribution is 2.63. The molecule has 0 amide bonds. The monoisotopic (exact) mass is 543 g/mol. The van der Waals surface area contributed by atoms with E-state index in [2.05, 4.69) is 140 Å². The number of rotatable bonds is 5. The standard InChI is InChI=1S/C40H33NO/c1-39(2)35-25-15-16-26-36(35)41(33-23-13-6-14-24-33)40(39)28-32(29-17-7-3-8-18-29)27-34(30-19-9-4-10-20-30)37(40)38(42)31-21-11-5-12-22-31/h3-28,37H,1-2H3/t37-,40-/m0/s1. The molecule has 0 bridgehead atoms.